The highest BCUT2D eigenvalue weighted by molar-refractivity contribution is 6.32. The van der Waals surface area contributed by atoms with Crippen molar-refractivity contribution >= 4 is 34.1 Å². The van der Waals surface area contributed by atoms with E-state index in [1.54, 1.807) is 6.07 Å². The molecular formula is C23H30ClF2N3O3. The summed E-state index contributed by atoms with van der Waals surface area (Å²) in [6.45, 7) is 8.57. The highest BCUT2D eigenvalue weighted by Crippen LogP contribution is 2.38. The molecule has 2 aromatic rings. The van der Waals surface area contributed by atoms with Gasteiger partial charge in [0, 0.05) is 16.6 Å². The summed E-state index contributed by atoms with van der Waals surface area (Å²) < 4.78 is 30.5. The molecule has 3 heterocycles. The number of fused-ring (bicyclic) bond motifs is 1. The normalized spacial score (nSPS) is 24.4. The van der Waals surface area contributed by atoms with Gasteiger partial charge in [-0.15, -0.1) is 0 Å². The average molecular weight is 470 g/mol. The van der Waals surface area contributed by atoms with Crippen LogP contribution < -0.4 is 5.32 Å². The Balaban J connectivity index is 0.00000141. The van der Waals surface area contributed by atoms with Gasteiger partial charge in [0.1, 0.15) is 5.82 Å². The number of nitrogens with zero attached hydrogens (tertiary/aromatic N) is 2. The van der Waals surface area contributed by atoms with E-state index in [1.807, 2.05) is 32.9 Å². The first-order valence-corrected chi connectivity index (χ1v) is 11.3. The maximum Gasteiger partial charge on any atom is 0.315 e. The molecule has 2 aliphatic heterocycles. The van der Waals surface area contributed by atoms with Crippen LogP contribution >= 0.6 is 11.6 Å². The number of aromatic nitrogens is 1. The predicted octanol–water partition coefficient (Wildman–Crippen LogP) is 4.45. The van der Waals surface area contributed by atoms with Crippen molar-refractivity contribution in [2.45, 2.75) is 57.6 Å². The first-order valence-electron chi connectivity index (χ1n) is 11.0. The minimum absolute atomic E-state index is 0.0824. The van der Waals surface area contributed by atoms with Crippen LogP contribution in [-0.4, -0.2) is 65.3 Å². The van der Waals surface area contributed by atoms with Crippen molar-refractivity contribution in [3.63, 3.8) is 0 Å². The van der Waals surface area contributed by atoms with Gasteiger partial charge in [-0.1, -0.05) is 25.4 Å². The summed E-state index contributed by atoms with van der Waals surface area (Å²) in [4.78, 5) is 17.6. The van der Waals surface area contributed by atoms with Gasteiger partial charge in [-0.25, -0.2) is 4.98 Å². The van der Waals surface area contributed by atoms with Gasteiger partial charge < -0.3 is 15.2 Å². The Hall–Kier alpha value is -1.87. The summed E-state index contributed by atoms with van der Waals surface area (Å²) in [5.41, 5.74) is 0.635. The van der Waals surface area contributed by atoms with E-state index >= 15 is 0 Å². The number of alkyl halides is 2. The van der Waals surface area contributed by atoms with Crippen LogP contribution in [0.5, 0.6) is 0 Å². The van der Waals surface area contributed by atoms with Gasteiger partial charge in [0.2, 0.25) is 0 Å². The molecule has 0 spiro atoms. The fourth-order valence-electron chi connectivity index (χ4n) is 4.40. The van der Waals surface area contributed by atoms with Crippen molar-refractivity contribution in [1.82, 2.24) is 9.88 Å². The summed E-state index contributed by atoms with van der Waals surface area (Å²) in [6, 6.07) is 5.35. The molecule has 32 heavy (non-hydrogen) atoms. The number of benzene rings is 1. The zero-order valence-corrected chi connectivity index (χ0v) is 19.3. The lowest BCUT2D eigenvalue weighted by Crippen LogP contribution is -2.56. The van der Waals surface area contributed by atoms with Gasteiger partial charge in [0.05, 0.1) is 24.9 Å². The maximum absolute atomic E-state index is 12.5. The molecule has 2 saturated heterocycles. The fourth-order valence-corrected chi connectivity index (χ4v) is 4.73. The summed E-state index contributed by atoms with van der Waals surface area (Å²) >= 11 is 6.55. The van der Waals surface area contributed by atoms with E-state index in [1.165, 1.54) is 6.20 Å². The van der Waals surface area contributed by atoms with Crippen LogP contribution in [0.4, 0.5) is 14.6 Å². The van der Waals surface area contributed by atoms with Crippen LogP contribution in [0.1, 0.15) is 45.1 Å². The lowest BCUT2D eigenvalue weighted by atomic mass is 9.85. The van der Waals surface area contributed by atoms with Crippen molar-refractivity contribution in [3.8, 4) is 0 Å². The van der Waals surface area contributed by atoms with E-state index in [2.05, 4.69) is 15.2 Å². The number of anilines is 1. The summed E-state index contributed by atoms with van der Waals surface area (Å²) in [5.74, 6) is -1.05. The largest absolute Gasteiger partial charge is 0.389 e. The molecule has 0 aliphatic carbocycles. The second-order valence-electron chi connectivity index (χ2n) is 8.23. The molecule has 2 N–H and O–H groups in total. The molecule has 1 aromatic carbocycles. The van der Waals surface area contributed by atoms with Crippen LogP contribution in [0.15, 0.2) is 24.4 Å². The molecule has 2 unspecified atom stereocenters. The smallest absolute Gasteiger partial charge is 0.315 e. The third-order valence-electron chi connectivity index (χ3n) is 6.33. The summed E-state index contributed by atoms with van der Waals surface area (Å²) in [5, 5.41) is 14.6. The Morgan fingerprint density at radius 3 is 2.56 bits per heavy atom. The number of aliphatic hydroxyl groups is 1. The van der Waals surface area contributed by atoms with Crippen LogP contribution in [0.25, 0.3) is 10.8 Å². The van der Waals surface area contributed by atoms with Crippen molar-refractivity contribution in [2.75, 3.05) is 31.6 Å². The molecule has 6 nitrogen and oxygen atoms in total. The van der Waals surface area contributed by atoms with Gasteiger partial charge in [0.15, 0.2) is 0 Å². The van der Waals surface area contributed by atoms with Gasteiger partial charge in [0.25, 0.3) is 5.91 Å². The van der Waals surface area contributed by atoms with Crippen LogP contribution in [0.3, 0.4) is 0 Å². The van der Waals surface area contributed by atoms with Gasteiger partial charge in [-0.2, -0.15) is 8.78 Å². The molecule has 2 aliphatic rings. The third-order valence-corrected chi connectivity index (χ3v) is 6.66. The number of halogens is 3. The number of nitrogens with one attached hydrogen (secondary N) is 1. The molecule has 0 bridgehead atoms. The number of carbonyl (C=O) groups is 1. The third kappa shape index (κ3) is 5.03. The Bertz CT molecular complexity index is 953. The molecule has 2 atom stereocenters. The van der Waals surface area contributed by atoms with Crippen molar-refractivity contribution in [1.29, 1.82) is 0 Å². The van der Waals surface area contributed by atoms with E-state index in [9.17, 15) is 18.7 Å². The SMILES string of the molecule is CC.CC1(N2CCC(c3cc4cc(NC(=O)C(F)F)ncc4cc3Cl)CC2)COCC1O. The van der Waals surface area contributed by atoms with Crippen LogP contribution in [0, 0.1) is 0 Å². The number of rotatable bonds is 4. The Kier molecular flexibility index (Phi) is 8.03. The molecular weight excluding hydrogens is 440 g/mol. The highest BCUT2D eigenvalue weighted by Gasteiger charge is 2.45. The molecule has 1 amide bonds. The number of hydrogen-bond donors (Lipinski definition) is 2. The average Bonchev–Trinajstić information content (AvgIpc) is 3.14. The highest BCUT2D eigenvalue weighted by atomic mass is 35.5. The molecule has 0 saturated carbocycles. The number of piperidine rings is 1. The molecule has 2 fully saturated rings. The maximum atomic E-state index is 12.5. The van der Waals surface area contributed by atoms with Gasteiger partial charge >= 0.3 is 6.43 Å². The second kappa shape index (κ2) is 10.4. The molecule has 0 radical (unpaired) electrons. The number of pyridine rings is 1. The van der Waals surface area contributed by atoms with E-state index in [4.69, 9.17) is 16.3 Å². The van der Waals surface area contributed by atoms with Crippen molar-refractivity contribution in [2.24, 2.45) is 0 Å². The molecule has 176 valence electrons. The van der Waals surface area contributed by atoms with E-state index in [-0.39, 0.29) is 17.3 Å². The minimum Gasteiger partial charge on any atom is -0.389 e. The van der Waals surface area contributed by atoms with Crippen molar-refractivity contribution in [3.05, 3.63) is 35.0 Å². The molecule has 9 heteroatoms. The zero-order chi connectivity index (χ0) is 23.5. The second-order valence-corrected chi connectivity index (χ2v) is 8.64. The topological polar surface area (TPSA) is 74.7 Å². The number of aliphatic hydroxyl groups excluding tert-OH is 1. The molecule has 1 aromatic heterocycles. The number of ether oxygens (including phenoxy) is 1. The van der Waals surface area contributed by atoms with E-state index < -0.39 is 18.4 Å². The van der Waals surface area contributed by atoms with E-state index in [0.29, 0.717) is 18.2 Å². The van der Waals surface area contributed by atoms with Crippen molar-refractivity contribution < 1.29 is 23.4 Å². The Morgan fingerprint density at radius 1 is 1.28 bits per heavy atom. The Morgan fingerprint density at radius 2 is 1.97 bits per heavy atom. The monoisotopic (exact) mass is 469 g/mol. The number of likely N-dealkylation sites (tertiary alicyclic amines) is 1. The standard InChI is InChI=1S/C21H24ClF2N3O3.C2H6/c1-21(11-30-10-17(21)28)27-4-2-12(3-5-27)15-6-13-8-18(26-20(29)19(23)24)25-9-14(13)7-16(15)22;1-2/h6-9,12,17,19,28H,2-5,10-11H2,1H3,(H,25,26,29);1-2H3. The van der Waals surface area contributed by atoms with Crippen LogP contribution in [0.2, 0.25) is 5.02 Å². The van der Waals surface area contributed by atoms with Crippen LogP contribution in [-0.2, 0) is 9.53 Å². The number of amides is 1. The lowest BCUT2D eigenvalue weighted by molar-refractivity contribution is -0.126. The first-order chi connectivity index (χ1) is 15.3. The predicted molar refractivity (Wildman–Crippen MR) is 122 cm³/mol. The Labute approximate surface area is 191 Å². The zero-order valence-electron chi connectivity index (χ0n) is 18.6. The number of hydrogen-bond acceptors (Lipinski definition) is 5. The van der Waals surface area contributed by atoms with Gasteiger partial charge in [-0.3, -0.25) is 9.69 Å². The number of carbonyl (C=O) groups excluding carboxylic acids is 1. The lowest BCUT2D eigenvalue weighted by Gasteiger charge is -2.43. The van der Waals surface area contributed by atoms with Gasteiger partial charge in [-0.05, 0) is 67.9 Å². The minimum atomic E-state index is -3.10. The summed E-state index contributed by atoms with van der Waals surface area (Å²) in [6.07, 6.45) is -0.315. The fraction of sp³-hybridized carbons (Fsp3) is 0.565. The first kappa shape index (κ1) is 24.8. The quantitative estimate of drug-likeness (QED) is 0.692. The summed E-state index contributed by atoms with van der Waals surface area (Å²) in [7, 11) is 0. The molecule has 4 rings (SSSR count). The van der Waals surface area contributed by atoms with E-state index in [0.717, 1.165) is 42.3 Å².